The SMILES string of the molecule is Cc1cc(C)c(C(N)c2ccc(F)c(F)c2)c(F)c1. The van der Waals surface area contributed by atoms with Crippen LogP contribution in [0.25, 0.3) is 0 Å². The zero-order valence-electron chi connectivity index (χ0n) is 10.7. The highest BCUT2D eigenvalue weighted by atomic mass is 19.2. The highest BCUT2D eigenvalue weighted by Gasteiger charge is 2.18. The van der Waals surface area contributed by atoms with Crippen molar-refractivity contribution >= 4 is 0 Å². The quantitative estimate of drug-likeness (QED) is 0.878. The Labute approximate surface area is 109 Å². The van der Waals surface area contributed by atoms with E-state index in [1.165, 1.54) is 12.1 Å². The van der Waals surface area contributed by atoms with E-state index in [0.29, 0.717) is 16.7 Å². The molecule has 0 bridgehead atoms. The number of hydrogen-bond acceptors (Lipinski definition) is 1. The van der Waals surface area contributed by atoms with Gasteiger partial charge in [0, 0.05) is 5.56 Å². The van der Waals surface area contributed by atoms with Gasteiger partial charge in [0.15, 0.2) is 11.6 Å². The first-order valence-electron chi connectivity index (χ1n) is 5.87. The Bertz CT molecular complexity index is 600. The molecule has 4 heteroatoms. The highest BCUT2D eigenvalue weighted by molar-refractivity contribution is 5.39. The van der Waals surface area contributed by atoms with Crippen LogP contribution in [0.1, 0.15) is 28.3 Å². The van der Waals surface area contributed by atoms with Crippen LogP contribution < -0.4 is 5.73 Å². The molecule has 1 atom stereocenters. The molecular weight excluding hydrogens is 251 g/mol. The van der Waals surface area contributed by atoms with Gasteiger partial charge in [0.25, 0.3) is 0 Å². The van der Waals surface area contributed by atoms with E-state index in [-0.39, 0.29) is 0 Å². The average Bonchev–Trinajstić information content (AvgIpc) is 2.31. The monoisotopic (exact) mass is 265 g/mol. The van der Waals surface area contributed by atoms with Crippen LogP contribution in [0.15, 0.2) is 30.3 Å². The lowest BCUT2D eigenvalue weighted by Gasteiger charge is -2.17. The Balaban J connectivity index is 2.49. The van der Waals surface area contributed by atoms with Crippen LogP contribution in [0.2, 0.25) is 0 Å². The second-order valence-electron chi connectivity index (χ2n) is 4.63. The summed E-state index contributed by atoms with van der Waals surface area (Å²) >= 11 is 0. The van der Waals surface area contributed by atoms with Crippen LogP contribution in [0.4, 0.5) is 13.2 Å². The fourth-order valence-electron chi connectivity index (χ4n) is 2.19. The molecule has 0 aliphatic rings. The molecule has 0 aliphatic heterocycles. The van der Waals surface area contributed by atoms with E-state index >= 15 is 0 Å². The Morgan fingerprint density at radius 3 is 2.16 bits per heavy atom. The molecule has 1 nitrogen and oxygen atoms in total. The van der Waals surface area contributed by atoms with Crippen molar-refractivity contribution in [3.8, 4) is 0 Å². The lowest BCUT2D eigenvalue weighted by Crippen LogP contribution is -2.16. The maximum Gasteiger partial charge on any atom is 0.159 e. The molecule has 0 spiro atoms. The summed E-state index contributed by atoms with van der Waals surface area (Å²) in [4.78, 5) is 0. The first-order chi connectivity index (χ1) is 8.90. The maximum absolute atomic E-state index is 14.0. The smallest absolute Gasteiger partial charge is 0.159 e. The number of hydrogen-bond donors (Lipinski definition) is 1. The lowest BCUT2D eigenvalue weighted by molar-refractivity contribution is 0.505. The molecule has 2 aromatic rings. The Morgan fingerprint density at radius 1 is 0.895 bits per heavy atom. The number of benzene rings is 2. The highest BCUT2D eigenvalue weighted by Crippen LogP contribution is 2.27. The van der Waals surface area contributed by atoms with E-state index in [4.69, 9.17) is 5.73 Å². The minimum absolute atomic E-state index is 0.302. The molecule has 0 aliphatic carbocycles. The molecule has 2 aromatic carbocycles. The van der Waals surface area contributed by atoms with Crippen LogP contribution in [-0.2, 0) is 0 Å². The van der Waals surface area contributed by atoms with Crippen molar-refractivity contribution in [3.63, 3.8) is 0 Å². The Hall–Kier alpha value is -1.81. The first-order valence-corrected chi connectivity index (χ1v) is 5.87. The second-order valence-corrected chi connectivity index (χ2v) is 4.63. The lowest BCUT2D eigenvalue weighted by atomic mass is 9.94. The third-order valence-electron chi connectivity index (χ3n) is 3.09. The van der Waals surface area contributed by atoms with Gasteiger partial charge >= 0.3 is 0 Å². The van der Waals surface area contributed by atoms with Crippen molar-refractivity contribution in [3.05, 3.63) is 70.0 Å². The van der Waals surface area contributed by atoms with Crippen LogP contribution in [-0.4, -0.2) is 0 Å². The summed E-state index contributed by atoms with van der Waals surface area (Å²) in [5, 5.41) is 0. The van der Waals surface area contributed by atoms with E-state index < -0.39 is 23.5 Å². The summed E-state index contributed by atoms with van der Waals surface area (Å²) in [5.74, 6) is -2.37. The van der Waals surface area contributed by atoms with E-state index in [1.54, 1.807) is 19.9 Å². The van der Waals surface area contributed by atoms with Crippen molar-refractivity contribution in [1.29, 1.82) is 0 Å². The summed E-state index contributed by atoms with van der Waals surface area (Å²) in [6, 6.07) is 5.71. The van der Waals surface area contributed by atoms with Crippen LogP contribution >= 0.6 is 0 Å². The van der Waals surface area contributed by atoms with Gasteiger partial charge in [0.05, 0.1) is 6.04 Å². The van der Waals surface area contributed by atoms with Gasteiger partial charge < -0.3 is 5.73 Å². The van der Waals surface area contributed by atoms with Gasteiger partial charge in [-0.05, 0) is 48.7 Å². The standard InChI is InChI=1S/C15H14F3N/c1-8-5-9(2)14(13(18)6-8)15(19)10-3-4-11(16)12(17)7-10/h3-7,15H,19H2,1-2H3. The Kier molecular flexibility index (Phi) is 3.62. The van der Waals surface area contributed by atoms with Gasteiger partial charge in [-0.3, -0.25) is 0 Å². The van der Waals surface area contributed by atoms with Gasteiger partial charge in [-0.1, -0.05) is 12.1 Å². The largest absolute Gasteiger partial charge is 0.320 e. The Morgan fingerprint density at radius 2 is 1.58 bits per heavy atom. The van der Waals surface area contributed by atoms with Crippen LogP contribution in [0.5, 0.6) is 0 Å². The zero-order valence-corrected chi connectivity index (χ0v) is 10.7. The van der Waals surface area contributed by atoms with Gasteiger partial charge in [0.1, 0.15) is 5.82 Å². The molecule has 19 heavy (non-hydrogen) atoms. The summed E-state index contributed by atoms with van der Waals surface area (Å²) in [7, 11) is 0. The third-order valence-corrected chi connectivity index (χ3v) is 3.09. The molecule has 2 rings (SSSR count). The number of nitrogens with two attached hydrogens (primary N) is 1. The average molecular weight is 265 g/mol. The van der Waals surface area contributed by atoms with Crippen molar-refractivity contribution in [1.82, 2.24) is 0 Å². The number of halogens is 3. The number of rotatable bonds is 2. The normalized spacial score (nSPS) is 12.5. The first kappa shape index (κ1) is 13.6. The van der Waals surface area contributed by atoms with Crippen LogP contribution in [0, 0.1) is 31.3 Å². The van der Waals surface area contributed by atoms with E-state index in [2.05, 4.69) is 0 Å². The van der Waals surface area contributed by atoms with E-state index in [9.17, 15) is 13.2 Å². The van der Waals surface area contributed by atoms with Crippen molar-refractivity contribution < 1.29 is 13.2 Å². The molecule has 0 saturated heterocycles. The minimum Gasteiger partial charge on any atom is -0.320 e. The van der Waals surface area contributed by atoms with Crippen LogP contribution in [0.3, 0.4) is 0 Å². The predicted molar refractivity (Wildman–Crippen MR) is 68.3 cm³/mol. The minimum atomic E-state index is -0.988. The summed E-state index contributed by atoms with van der Waals surface area (Å²) in [5.41, 5.74) is 8.08. The second kappa shape index (κ2) is 5.05. The molecule has 2 N–H and O–H groups in total. The van der Waals surface area contributed by atoms with E-state index in [1.807, 2.05) is 0 Å². The molecular formula is C15H14F3N. The van der Waals surface area contributed by atoms with E-state index in [0.717, 1.165) is 17.7 Å². The molecule has 0 heterocycles. The predicted octanol–water partition coefficient (Wildman–Crippen LogP) is 3.77. The fraction of sp³-hybridized carbons (Fsp3) is 0.200. The van der Waals surface area contributed by atoms with Gasteiger partial charge in [0.2, 0.25) is 0 Å². The fourth-order valence-corrected chi connectivity index (χ4v) is 2.19. The summed E-state index contributed by atoms with van der Waals surface area (Å²) < 4.78 is 40.1. The van der Waals surface area contributed by atoms with Gasteiger partial charge in [-0.25, -0.2) is 13.2 Å². The molecule has 0 radical (unpaired) electrons. The van der Waals surface area contributed by atoms with Gasteiger partial charge in [-0.2, -0.15) is 0 Å². The molecule has 0 amide bonds. The number of aryl methyl sites for hydroxylation is 2. The molecule has 100 valence electrons. The summed E-state index contributed by atoms with van der Waals surface area (Å²) in [6.45, 7) is 3.52. The van der Waals surface area contributed by atoms with Crippen molar-refractivity contribution in [2.45, 2.75) is 19.9 Å². The third kappa shape index (κ3) is 2.63. The van der Waals surface area contributed by atoms with Crippen molar-refractivity contribution in [2.75, 3.05) is 0 Å². The topological polar surface area (TPSA) is 26.0 Å². The molecule has 1 unspecified atom stereocenters. The van der Waals surface area contributed by atoms with Gasteiger partial charge in [-0.15, -0.1) is 0 Å². The molecule has 0 saturated carbocycles. The summed E-state index contributed by atoms with van der Waals surface area (Å²) in [6.07, 6.45) is 0. The molecule has 0 aromatic heterocycles. The molecule has 0 fully saturated rings. The zero-order chi connectivity index (χ0) is 14.2. The maximum atomic E-state index is 14.0. The van der Waals surface area contributed by atoms with Crippen molar-refractivity contribution in [2.24, 2.45) is 5.73 Å².